The van der Waals surface area contributed by atoms with Gasteiger partial charge in [-0.3, -0.25) is 4.90 Å². The molecule has 1 aliphatic carbocycles. The summed E-state index contributed by atoms with van der Waals surface area (Å²) >= 11 is 0. The fourth-order valence-corrected chi connectivity index (χ4v) is 1.78. The van der Waals surface area contributed by atoms with Crippen molar-refractivity contribution in [3.05, 3.63) is 0 Å². The first-order chi connectivity index (χ1) is 6.53. The van der Waals surface area contributed by atoms with Gasteiger partial charge in [0, 0.05) is 24.7 Å². The number of rotatable bonds is 6. The Kier molecular flexibility index (Phi) is 4.39. The van der Waals surface area contributed by atoms with Gasteiger partial charge in [-0.1, -0.05) is 6.92 Å². The van der Waals surface area contributed by atoms with Crippen molar-refractivity contribution in [2.24, 2.45) is 0 Å². The van der Waals surface area contributed by atoms with E-state index >= 15 is 0 Å². The molecule has 84 valence electrons. The predicted molar refractivity (Wildman–Crippen MR) is 62.6 cm³/mol. The maximum atomic E-state index is 3.55. The Balaban J connectivity index is 2.13. The Labute approximate surface area is 89.1 Å². The molecule has 2 nitrogen and oxygen atoms in total. The smallest absolute Gasteiger partial charge is 0.0110 e. The van der Waals surface area contributed by atoms with E-state index in [1.165, 1.54) is 32.4 Å². The Morgan fingerprint density at radius 1 is 1.21 bits per heavy atom. The minimum absolute atomic E-state index is 0.265. The van der Waals surface area contributed by atoms with E-state index in [0.29, 0.717) is 0 Å². The highest BCUT2D eigenvalue weighted by molar-refractivity contribution is 4.85. The summed E-state index contributed by atoms with van der Waals surface area (Å²) in [5.41, 5.74) is 0.265. The van der Waals surface area contributed by atoms with Gasteiger partial charge in [-0.15, -0.1) is 0 Å². The van der Waals surface area contributed by atoms with Crippen molar-refractivity contribution >= 4 is 0 Å². The lowest BCUT2D eigenvalue weighted by molar-refractivity contribution is 0.252. The van der Waals surface area contributed by atoms with Gasteiger partial charge < -0.3 is 5.32 Å². The Bertz CT molecular complexity index is 156. The average molecular weight is 198 g/mol. The van der Waals surface area contributed by atoms with Crippen LogP contribution in [0.2, 0.25) is 0 Å². The molecule has 0 unspecified atom stereocenters. The number of hydrogen-bond donors (Lipinski definition) is 1. The zero-order valence-electron chi connectivity index (χ0n) is 10.3. The zero-order chi connectivity index (χ0) is 10.6. The molecular formula is C12H26N2. The maximum absolute atomic E-state index is 3.55. The lowest BCUT2D eigenvalue weighted by Crippen LogP contribution is -2.42. The normalized spacial score (nSPS) is 17.8. The number of hydrogen-bond acceptors (Lipinski definition) is 2. The number of nitrogens with one attached hydrogen (secondary N) is 1. The molecule has 0 atom stereocenters. The highest BCUT2D eigenvalue weighted by Crippen LogP contribution is 2.26. The topological polar surface area (TPSA) is 15.3 Å². The molecule has 2 heteroatoms. The van der Waals surface area contributed by atoms with Crippen LogP contribution in [0.1, 0.15) is 47.0 Å². The van der Waals surface area contributed by atoms with Gasteiger partial charge in [-0.05, 0) is 46.6 Å². The Hall–Kier alpha value is -0.0800. The van der Waals surface area contributed by atoms with Crippen LogP contribution in [0.3, 0.4) is 0 Å². The van der Waals surface area contributed by atoms with E-state index in [9.17, 15) is 0 Å². The van der Waals surface area contributed by atoms with Gasteiger partial charge in [0.05, 0.1) is 0 Å². The van der Waals surface area contributed by atoms with Gasteiger partial charge in [-0.2, -0.15) is 0 Å². The van der Waals surface area contributed by atoms with E-state index in [-0.39, 0.29) is 5.54 Å². The van der Waals surface area contributed by atoms with Crippen molar-refractivity contribution in [1.29, 1.82) is 0 Å². The molecule has 0 aliphatic heterocycles. The summed E-state index contributed by atoms with van der Waals surface area (Å²) in [6, 6.07) is 0.914. The van der Waals surface area contributed by atoms with Crippen molar-refractivity contribution in [2.75, 3.05) is 19.6 Å². The third kappa shape index (κ3) is 4.97. The van der Waals surface area contributed by atoms with E-state index in [4.69, 9.17) is 0 Å². The first-order valence-corrected chi connectivity index (χ1v) is 6.02. The van der Waals surface area contributed by atoms with Crippen molar-refractivity contribution in [2.45, 2.75) is 58.5 Å². The standard InChI is InChI=1S/C12H26N2/c1-5-9-14(11-6-7-11)10-8-13-12(2,3)4/h11,13H,5-10H2,1-4H3. The maximum Gasteiger partial charge on any atom is 0.0110 e. The molecule has 0 aromatic carbocycles. The van der Waals surface area contributed by atoms with Crippen molar-refractivity contribution in [1.82, 2.24) is 10.2 Å². The quantitative estimate of drug-likeness (QED) is 0.704. The van der Waals surface area contributed by atoms with Gasteiger partial charge in [0.2, 0.25) is 0 Å². The van der Waals surface area contributed by atoms with Gasteiger partial charge in [0.25, 0.3) is 0 Å². The summed E-state index contributed by atoms with van der Waals surface area (Å²) in [7, 11) is 0. The fraction of sp³-hybridized carbons (Fsp3) is 1.00. The van der Waals surface area contributed by atoms with E-state index in [1.54, 1.807) is 0 Å². The SMILES string of the molecule is CCCN(CCNC(C)(C)C)C1CC1. The van der Waals surface area contributed by atoms with Crippen LogP contribution >= 0.6 is 0 Å². The van der Waals surface area contributed by atoms with Crippen molar-refractivity contribution < 1.29 is 0 Å². The van der Waals surface area contributed by atoms with Gasteiger partial charge in [-0.25, -0.2) is 0 Å². The molecule has 0 aromatic heterocycles. The molecule has 1 aliphatic rings. The van der Waals surface area contributed by atoms with Crippen molar-refractivity contribution in [3.63, 3.8) is 0 Å². The molecule has 1 N–H and O–H groups in total. The molecule has 14 heavy (non-hydrogen) atoms. The van der Waals surface area contributed by atoms with E-state index in [0.717, 1.165) is 12.6 Å². The summed E-state index contributed by atoms with van der Waals surface area (Å²) in [6.07, 6.45) is 4.14. The van der Waals surface area contributed by atoms with Crippen LogP contribution in [-0.2, 0) is 0 Å². The van der Waals surface area contributed by atoms with E-state index in [1.807, 2.05) is 0 Å². The van der Waals surface area contributed by atoms with Gasteiger partial charge in [0.15, 0.2) is 0 Å². The zero-order valence-corrected chi connectivity index (χ0v) is 10.3. The first kappa shape index (κ1) is 12.0. The largest absolute Gasteiger partial charge is 0.311 e. The molecule has 1 fully saturated rings. The van der Waals surface area contributed by atoms with Crippen LogP contribution in [0, 0.1) is 0 Å². The Morgan fingerprint density at radius 3 is 2.29 bits per heavy atom. The van der Waals surface area contributed by atoms with Crippen LogP contribution in [0.5, 0.6) is 0 Å². The summed E-state index contributed by atoms with van der Waals surface area (Å²) in [5.74, 6) is 0. The van der Waals surface area contributed by atoms with E-state index < -0.39 is 0 Å². The number of nitrogens with zero attached hydrogens (tertiary/aromatic N) is 1. The summed E-state index contributed by atoms with van der Waals surface area (Å²) in [4.78, 5) is 2.64. The minimum Gasteiger partial charge on any atom is -0.311 e. The second-order valence-corrected chi connectivity index (χ2v) is 5.44. The van der Waals surface area contributed by atoms with Crippen LogP contribution in [-0.4, -0.2) is 36.1 Å². The molecule has 0 amide bonds. The van der Waals surface area contributed by atoms with Crippen LogP contribution in [0.4, 0.5) is 0 Å². The predicted octanol–water partition coefficient (Wildman–Crippen LogP) is 2.25. The second kappa shape index (κ2) is 5.13. The highest BCUT2D eigenvalue weighted by Gasteiger charge is 2.27. The summed E-state index contributed by atoms with van der Waals surface area (Å²) < 4.78 is 0. The molecule has 0 aromatic rings. The van der Waals surface area contributed by atoms with Crippen LogP contribution in [0.25, 0.3) is 0 Å². The van der Waals surface area contributed by atoms with E-state index in [2.05, 4.69) is 37.9 Å². The molecule has 0 saturated heterocycles. The fourth-order valence-electron chi connectivity index (χ4n) is 1.78. The monoisotopic (exact) mass is 198 g/mol. The molecule has 0 radical (unpaired) electrons. The Morgan fingerprint density at radius 2 is 1.86 bits per heavy atom. The highest BCUT2D eigenvalue weighted by atomic mass is 15.2. The second-order valence-electron chi connectivity index (χ2n) is 5.44. The first-order valence-electron chi connectivity index (χ1n) is 6.02. The molecule has 0 spiro atoms. The van der Waals surface area contributed by atoms with Gasteiger partial charge >= 0.3 is 0 Å². The summed E-state index contributed by atoms with van der Waals surface area (Å²) in [5, 5.41) is 3.55. The van der Waals surface area contributed by atoms with Crippen LogP contribution in [0.15, 0.2) is 0 Å². The van der Waals surface area contributed by atoms with Crippen LogP contribution < -0.4 is 5.32 Å². The third-order valence-electron chi connectivity index (χ3n) is 2.63. The minimum atomic E-state index is 0.265. The third-order valence-corrected chi connectivity index (χ3v) is 2.63. The average Bonchev–Trinajstić information content (AvgIpc) is 2.83. The molecular weight excluding hydrogens is 172 g/mol. The lowest BCUT2D eigenvalue weighted by atomic mass is 10.1. The van der Waals surface area contributed by atoms with Gasteiger partial charge in [0.1, 0.15) is 0 Å². The molecule has 1 rings (SSSR count). The van der Waals surface area contributed by atoms with Crippen molar-refractivity contribution in [3.8, 4) is 0 Å². The molecule has 1 saturated carbocycles. The molecule has 0 heterocycles. The molecule has 0 bridgehead atoms. The summed E-state index contributed by atoms with van der Waals surface area (Å²) in [6.45, 7) is 12.6. The lowest BCUT2D eigenvalue weighted by Gasteiger charge is -2.25.